The van der Waals surface area contributed by atoms with E-state index in [9.17, 15) is 4.79 Å². The first kappa shape index (κ1) is 23.3. The van der Waals surface area contributed by atoms with Crippen molar-refractivity contribution in [3.05, 3.63) is 23.9 Å². The lowest BCUT2D eigenvalue weighted by Crippen LogP contribution is -2.39. The van der Waals surface area contributed by atoms with E-state index < -0.39 is 5.60 Å². The van der Waals surface area contributed by atoms with Crippen molar-refractivity contribution in [2.75, 3.05) is 25.0 Å². The first-order valence-corrected chi connectivity index (χ1v) is 10.1. The van der Waals surface area contributed by atoms with Gasteiger partial charge in [-0.1, -0.05) is 6.58 Å². The highest BCUT2D eigenvalue weighted by Gasteiger charge is 2.32. The molecule has 1 atom stereocenters. The van der Waals surface area contributed by atoms with Crippen LogP contribution in [0.5, 0.6) is 0 Å². The van der Waals surface area contributed by atoms with Gasteiger partial charge in [0.2, 0.25) is 0 Å². The smallest absolute Gasteiger partial charge is 0.410 e. The molecule has 0 N–H and O–H groups in total. The molecule has 1 aliphatic rings. The fraction of sp³-hybridized carbons (Fsp3) is 0.700. The lowest BCUT2D eigenvalue weighted by molar-refractivity contribution is 0.0292. The summed E-state index contributed by atoms with van der Waals surface area (Å²) < 4.78 is 10.4. The van der Waals surface area contributed by atoms with Gasteiger partial charge in [-0.2, -0.15) is 0 Å². The third kappa shape index (κ3) is 8.65. The monoisotopic (exact) mass is 397 g/mol. The summed E-state index contributed by atoms with van der Waals surface area (Å²) in [7, 11) is 2.04. The average Bonchev–Trinajstić information content (AvgIpc) is 3.13. The van der Waals surface area contributed by atoms with Crippen LogP contribution in [0.1, 0.15) is 53.7 Å². The molecule has 0 spiro atoms. The highest BCUT2D eigenvalue weighted by molar-refractivity contribution is 7.13. The highest BCUT2D eigenvalue weighted by atomic mass is 32.1. The van der Waals surface area contributed by atoms with Gasteiger partial charge in [-0.25, -0.2) is 9.78 Å². The zero-order valence-corrected chi connectivity index (χ0v) is 18.9. The van der Waals surface area contributed by atoms with Crippen molar-refractivity contribution in [3.8, 4) is 0 Å². The molecule has 1 aromatic heterocycles. The number of rotatable bonds is 3. The number of amides is 1. The predicted molar refractivity (Wildman–Crippen MR) is 113 cm³/mol. The van der Waals surface area contributed by atoms with E-state index in [1.165, 1.54) is 6.26 Å². The summed E-state index contributed by atoms with van der Waals surface area (Å²) in [5, 5.41) is 3.06. The maximum atomic E-state index is 12.0. The maximum Gasteiger partial charge on any atom is 0.410 e. The summed E-state index contributed by atoms with van der Waals surface area (Å²) in [5.74, 6) is 0. The molecule has 1 aromatic rings. The van der Waals surface area contributed by atoms with Gasteiger partial charge in [0.05, 0.1) is 23.6 Å². The maximum absolute atomic E-state index is 12.0. The van der Waals surface area contributed by atoms with Gasteiger partial charge in [0.1, 0.15) is 5.60 Å². The number of nitrogens with zero attached hydrogens (tertiary/aromatic N) is 3. The van der Waals surface area contributed by atoms with E-state index in [1.54, 1.807) is 16.2 Å². The Bertz CT molecular complexity index is 617. The summed E-state index contributed by atoms with van der Waals surface area (Å²) in [6.45, 7) is 18.5. The van der Waals surface area contributed by atoms with E-state index in [2.05, 4.69) is 16.5 Å². The molecule has 2 heterocycles. The van der Waals surface area contributed by atoms with Gasteiger partial charge in [0.15, 0.2) is 5.13 Å². The number of ether oxygens (including phenoxy) is 2. The van der Waals surface area contributed by atoms with E-state index in [-0.39, 0.29) is 11.7 Å². The summed E-state index contributed by atoms with van der Waals surface area (Å²) in [6, 6.07) is 0.313. The van der Waals surface area contributed by atoms with Crippen molar-refractivity contribution >= 4 is 22.6 Å². The van der Waals surface area contributed by atoms with Gasteiger partial charge in [0.25, 0.3) is 0 Å². The van der Waals surface area contributed by atoms with Crippen LogP contribution in [0.2, 0.25) is 0 Å². The molecular formula is C20H35N3O3S. The van der Waals surface area contributed by atoms with Gasteiger partial charge in [-0.3, -0.25) is 0 Å². The standard InChI is InChI=1S/C14H23N3O2S.C6H12O/c1-10-9-20-12(15-10)16(5)11-6-7-17(8-11)13(18)19-14(2,3)4;1-5-7-6(2,3)4/h9,11H,6-8H2,1-5H3;5H,1H2,2-4H3. The van der Waals surface area contributed by atoms with Crippen LogP contribution in [0.15, 0.2) is 18.2 Å². The molecule has 0 aromatic carbocycles. The van der Waals surface area contributed by atoms with Gasteiger partial charge in [0, 0.05) is 25.5 Å². The van der Waals surface area contributed by atoms with Crippen LogP contribution in [0, 0.1) is 6.92 Å². The minimum atomic E-state index is -0.437. The van der Waals surface area contributed by atoms with Crippen molar-refractivity contribution in [1.82, 2.24) is 9.88 Å². The van der Waals surface area contributed by atoms with Gasteiger partial charge in [-0.05, 0) is 54.9 Å². The molecule has 0 bridgehead atoms. The lowest BCUT2D eigenvalue weighted by atomic mass is 10.2. The Morgan fingerprint density at radius 3 is 2.37 bits per heavy atom. The minimum absolute atomic E-state index is 0.0677. The predicted octanol–water partition coefficient (Wildman–Crippen LogP) is 4.84. The zero-order chi connectivity index (χ0) is 20.8. The Kier molecular flexibility index (Phi) is 8.14. The molecule has 1 unspecified atom stereocenters. The minimum Gasteiger partial charge on any atom is -0.496 e. The number of hydrogen-bond donors (Lipinski definition) is 0. The Balaban J connectivity index is 0.000000445. The number of aryl methyl sites for hydroxylation is 1. The second-order valence-corrected chi connectivity index (χ2v) is 9.48. The van der Waals surface area contributed by atoms with Crippen LogP contribution in [-0.4, -0.2) is 53.4 Å². The highest BCUT2D eigenvalue weighted by Crippen LogP contribution is 2.25. The second-order valence-electron chi connectivity index (χ2n) is 8.65. The summed E-state index contributed by atoms with van der Waals surface area (Å²) >= 11 is 1.64. The molecular weight excluding hydrogens is 362 g/mol. The molecule has 2 rings (SSSR count). The molecule has 0 aliphatic carbocycles. The zero-order valence-electron chi connectivity index (χ0n) is 18.0. The molecule has 1 fully saturated rings. The fourth-order valence-corrected chi connectivity index (χ4v) is 3.30. The van der Waals surface area contributed by atoms with Gasteiger partial charge in [-0.15, -0.1) is 11.3 Å². The van der Waals surface area contributed by atoms with Crippen LogP contribution in [0.4, 0.5) is 9.93 Å². The second kappa shape index (κ2) is 9.44. The SMILES string of the molecule is C=COC(C)(C)C.Cc1csc(N(C)C2CCN(C(=O)OC(C)(C)C)C2)n1. The molecule has 6 nitrogen and oxygen atoms in total. The summed E-state index contributed by atoms with van der Waals surface area (Å²) in [5.41, 5.74) is 0.536. The quantitative estimate of drug-likeness (QED) is 0.683. The van der Waals surface area contributed by atoms with Crippen molar-refractivity contribution in [2.45, 2.75) is 72.1 Å². The summed E-state index contributed by atoms with van der Waals surface area (Å²) in [4.78, 5) is 20.5. The van der Waals surface area contributed by atoms with Crippen molar-refractivity contribution in [1.29, 1.82) is 0 Å². The number of likely N-dealkylation sites (tertiary alicyclic amines) is 1. The van der Waals surface area contributed by atoms with Gasteiger partial charge < -0.3 is 19.3 Å². The number of hydrogen-bond acceptors (Lipinski definition) is 6. The number of anilines is 1. The topological polar surface area (TPSA) is 54.9 Å². The largest absolute Gasteiger partial charge is 0.496 e. The average molecular weight is 398 g/mol. The fourth-order valence-electron chi connectivity index (χ4n) is 2.46. The van der Waals surface area contributed by atoms with Crippen LogP contribution >= 0.6 is 11.3 Å². The number of carbonyl (C=O) groups excluding carboxylic acids is 1. The van der Waals surface area contributed by atoms with Crippen LogP contribution in [-0.2, 0) is 9.47 Å². The first-order valence-electron chi connectivity index (χ1n) is 9.24. The molecule has 1 saturated heterocycles. The van der Waals surface area contributed by atoms with Crippen LogP contribution < -0.4 is 4.90 Å². The van der Waals surface area contributed by atoms with Crippen molar-refractivity contribution < 1.29 is 14.3 Å². The Labute approximate surface area is 168 Å². The molecule has 1 amide bonds. The van der Waals surface area contributed by atoms with E-state index in [1.807, 2.05) is 60.9 Å². The summed E-state index contributed by atoms with van der Waals surface area (Å²) in [6.07, 6.45) is 2.19. The van der Waals surface area contributed by atoms with E-state index in [0.717, 1.165) is 23.8 Å². The third-order valence-corrected chi connectivity index (χ3v) is 4.76. The van der Waals surface area contributed by atoms with E-state index in [0.29, 0.717) is 12.6 Å². The number of likely N-dealkylation sites (N-methyl/N-ethyl adjacent to an activating group) is 1. The molecule has 7 heteroatoms. The first-order chi connectivity index (χ1) is 12.3. The van der Waals surface area contributed by atoms with Crippen molar-refractivity contribution in [3.63, 3.8) is 0 Å². The third-order valence-electron chi connectivity index (χ3n) is 3.71. The lowest BCUT2D eigenvalue weighted by Gasteiger charge is -2.26. The van der Waals surface area contributed by atoms with Gasteiger partial charge >= 0.3 is 6.09 Å². The van der Waals surface area contributed by atoms with Crippen molar-refractivity contribution in [2.24, 2.45) is 0 Å². The molecule has 27 heavy (non-hydrogen) atoms. The number of carbonyl (C=O) groups is 1. The Morgan fingerprint density at radius 1 is 1.33 bits per heavy atom. The number of thiazole rings is 1. The van der Waals surface area contributed by atoms with E-state index >= 15 is 0 Å². The molecule has 1 aliphatic heterocycles. The Morgan fingerprint density at radius 2 is 1.96 bits per heavy atom. The molecule has 0 radical (unpaired) electrons. The normalized spacial score (nSPS) is 17.0. The molecule has 154 valence electrons. The Hall–Kier alpha value is -1.76. The van der Waals surface area contributed by atoms with Crippen LogP contribution in [0.3, 0.4) is 0 Å². The van der Waals surface area contributed by atoms with Crippen LogP contribution in [0.25, 0.3) is 0 Å². The van der Waals surface area contributed by atoms with E-state index in [4.69, 9.17) is 9.47 Å². The number of aromatic nitrogens is 1. The molecule has 0 saturated carbocycles.